The topological polar surface area (TPSA) is 87.1 Å². The molecule has 0 aliphatic rings. The molecule has 1 rings (SSSR count). The fraction of sp³-hybridized carbons (Fsp3) is 0.500. The normalized spacial score (nSPS) is 11.0. The quantitative estimate of drug-likeness (QED) is 0.671. The van der Waals surface area contributed by atoms with Crippen LogP contribution in [0.4, 0.5) is 5.82 Å². The first-order chi connectivity index (χ1) is 7.48. The smallest absolute Gasteiger partial charge is 0.271 e. The molecule has 1 amide bonds. The van der Waals surface area contributed by atoms with Crippen LogP contribution in [-0.2, 0) is 0 Å². The summed E-state index contributed by atoms with van der Waals surface area (Å²) in [5.74, 6) is 0.243. The Morgan fingerprint density at radius 1 is 1.44 bits per heavy atom. The highest BCUT2D eigenvalue weighted by Crippen LogP contribution is 2.11. The fourth-order valence-electron chi connectivity index (χ4n) is 1.03. The van der Waals surface area contributed by atoms with Gasteiger partial charge in [0.2, 0.25) is 0 Å². The fourth-order valence-corrected chi connectivity index (χ4v) is 1.03. The third-order valence-electron chi connectivity index (χ3n) is 1.99. The summed E-state index contributed by atoms with van der Waals surface area (Å²) in [4.78, 5) is 11.2. The number of amides is 1. The van der Waals surface area contributed by atoms with Crippen LogP contribution in [0.25, 0.3) is 0 Å². The number of aliphatic hydroxyl groups is 1. The lowest BCUT2D eigenvalue weighted by Gasteiger charge is -2.23. The van der Waals surface area contributed by atoms with E-state index in [1.54, 1.807) is 12.1 Å². The average Bonchev–Trinajstić information content (AvgIpc) is 2.28. The van der Waals surface area contributed by atoms with Crippen LogP contribution in [0.15, 0.2) is 12.1 Å². The molecule has 88 valence electrons. The molecule has 16 heavy (non-hydrogen) atoms. The van der Waals surface area contributed by atoms with Crippen molar-refractivity contribution in [2.45, 2.75) is 19.4 Å². The first-order valence-corrected chi connectivity index (χ1v) is 4.93. The van der Waals surface area contributed by atoms with Crippen molar-refractivity contribution in [3.63, 3.8) is 0 Å². The minimum atomic E-state index is -0.469. The van der Waals surface area contributed by atoms with Crippen molar-refractivity contribution in [3.8, 4) is 0 Å². The van der Waals surface area contributed by atoms with E-state index >= 15 is 0 Å². The van der Waals surface area contributed by atoms with Crippen LogP contribution in [0.1, 0.15) is 24.3 Å². The zero-order chi connectivity index (χ0) is 12.2. The maximum atomic E-state index is 11.2. The van der Waals surface area contributed by atoms with Gasteiger partial charge in [-0.05, 0) is 26.0 Å². The molecule has 0 aliphatic heterocycles. The standard InChI is InChI=1S/C10H16N4O2/c1-10(2,6-15)12-8-5-4-7(13-14-8)9(16)11-3/h4-5,15H,6H2,1-3H3,(H,11,16)(H,12,14). The number of rotatable bonds is 4. The number of anilines is 1. The van der Waals surface area contributed by atoms with Gasteiger partial charge in [0.25, 0.3) is 5.91 Å². The lowest BCUT2D eigenvalue weighted by atomic mass is 10.1. The second kappa shape index (κ2) is 4.89. The molecule has 6 heteroatoms. The van der Waals surface area contributed by atoms with Gasteiger partial charge in [-0.2, -0.15) is 0 Å². The predicted octanol–water partition coefficient (Wildman–Crippen LogP) is 0.0190. The first-order valence-electron chi connectivity index (χ1n) is 4.93. The molecule has 0 bridgehead atoms. The lowest BCUT2D eigenvalue weighted by Crippen LogP contribution is -2.35. The molecule has 0 unspecified atom stereocenters. The molecule has 0 radical (unpaired) electrons. The molecule has 1 heterocycles. The van der Waals surface area contributed by atoms with E-state index in [4.69, 9.17) is 5.11 Å². The van der Waals surface area contributed by atoms with Crippen molar-refractivity contribution in [2.75, 3.05) is 19.0 Å². The van der Waals surface area contributed by atoms with Crippen LogP contribution < -0.4 is 10.6 Å². The highest BCUT2D eigenvalue weighted by molar-refractivity contribution is 5.91. The maximum absolute atomic E-state index is 11.2. The molecule has 0 saturated carbocycles. The van der Waals surface area contributed by atoms with E-state index in [-0.39, 0.29) is 18.2 Å². The molecule has 6 nitrogen and oxygen atoms in total. The third kappa shape index (κ3) is 3.16. The van der Waals surface area contributed by atoms with Crippen molar-refractivity contribution >= 4 is 11.7 Å². The lowest BCUT2D eigenvalue weighted by molar-refractivity contribution is 0.0957. The molecule has 0 fully saturated rings. The van der Waals surface area contributed by atoms with Crippen LogP contribution in [0.2, 0.25) is 0 Å². The Labute approximate surface area is 94.1 Å². The van der Waals surface area contributed by atoms with Crippen LogP contribution in [0.3, 0.4) is 0 Å². The molecule has 0 saturated heterocycles. The number of carbonyl (C=O) groups excluding carboxylic acids is 1. The predicted molar refractivity (Wildman–Crippen MR) is 60.2 cm³/mol. The van der Waals surface area contributed by atoms with E-state index in [0.29, 0.717) is 5.82 Å². The largest absolute Gasteiger partial charge is 0.394 e. The molecule has 0 aromatic carbocycles. The summed E-state index contributed by atoms with van der Waals surface area (Å²) in [5, 5.41) is 22.1. The molecule has 0 spiro atoms. The molecular weight excluding hydrogens is 208 g/mol. The summed E-state index contributed by atoms with van der Waals surface area (Å²) in [5.41, 5.74) is -0.210. The highest BCUT2D eigenvalue weighted by Gasteiger charge is 2.16. The van der Waals surface area contributed by atoms with Gasteiger partial charge in [-0.15, -0.1) is 10.2 Å². The van der Waals surface area contributed by atoms with E-state index in [1.807, 2.05) is 13.8 Å². The summed E-state index contributed by atoms with van der Waals surface area (Å²) in [6.07, 6.45) is 0. The monoisotopic (exact) mass is 224 g/mol. The Bertz CT molecular complexity index is 362. The van der Waals surface area contributed by atoms with Crippen LogP contribution in [-0.4, -0.2) is 40.4 Å². The van der Waals surface area contributed by atoms with Gasteiger partial charge >= 0.3 is 0 Å². The van der Waals surface area contributed by atoms with E-state index < -0.39 is 5.54 Å². The number of aromatic nitrogens is 2. The van der Waals surface area contributed by atoms with Crippen molar-refractivity contribution in [2.24, 2.45) is 0 Å². The Morgan fingerprint density at radius 2 is 2.12 bits per heavy atom. The number of nitrogens with one attached hydrogen (secondary N) is 2. The van der Waals surface area contributed by atoms with Crippen LogP contribution >= 0.6 is 0 Å². The van der Waals surface area contributed by atoms with Gasteiger partial charge in [-0.25, -0.2) is 0 Å². The summed E-state index contributed by atoms with van der Waals surface area (Å²) in [6, 6.07) is 3.22. The van der Waals surface area contributed by atoms with Gasteiger partial charge in [0.15, 0.2) is 5.69 Å². The number of nitrogens with zero attached hydrogens (tertiary/aromatic N) is 2. The van der Waals surface area contributed by atoms with E-state index in [9.17, 15) is 4.79 Å². The van der Waals surface area contributed by atoms with Crippen molar-refractivity contribution in [1.29, 1.82) is 0 Å². The minimum Gasteiger partial charge on any atom is -0.394 e. The Morgan fingerprint density at radius 3 is 2.56 bits per heavy atom. The zero-order valence-electron chi connectivity index (χ0n) is 9.61. The van der Waals surface area contributed by atoms with Gasteiger partial charge in [0.05, 0.1) is 12.1 Å². The van der Waals surface area contributed by atoms with Gasteiger partial charge < -0.3 is 15.7 Å². The van der Waals surface area contributed by atoms with Gasteiger partial charge in [-0.1, -0.05) is 0 Å². The van der Waals surface area contributed by atoms with Crippen molar-refractivity contribution in [1.82, 2.24) is 15.5 Å². The van der Waals surface area contributed by atoms with E-state index in [0.717, 1.165) is 0 Å². The first kappa shape index (κ1) is 12.4. The SMILES string of the molecule is CNC(=O)c1ccc(NC(C)(C)CO)nn1. The van der Waals surface area contributed by atoms with Crippen LogP contribution in [0.5, 0.6) is 0 Å². The maximum Gasteiger partial charge on any atom is 0.271 e. The third-order valence-corrected chi connectivity index (χ3v) is 1.99. The van der Waals surface area contributed by atoms with Gasteiger partial charge in [0.1, 0.15) is 5.82 Å². The molecule has 3 N–H and O–H groups in total. The Hall–Kier alpha value is -1.69. The molecular formula is C10H16N4O2. The molecule has 1 aromatic rings. The second-order valence-electron chi connectivity index (χ2n) is 4.05. The highest BCUT2D eigenvalue weighted by atomic mass is 16.3. The second-order valence-corrected chi connectivity index (χ2v) is 4.05. The number of hydrogen-bond acceptors (Lipinski definition) is 5. The average molecular weight is 224 g/mol. The Balaban J connectivity index is 2.76. The summed E-state index contributed by atoms with van der Waals surface area (Å²) in [6.45, 7) is 3.65. The molecule has 1 aromatic heterocycles. The van der Waals surface area contributed by atoms with Gasteiger partial charge in [-0.3, -0.25) is 4.79 Å². The Kier molecular flexibility index (Phi) is 3.78. The van der Waals surface area contributed by atoms with E-state index in [1.165, 1.54) is 7.05 Å². The number of hydrogen-bond donors (Lipinski definition) is 3. The summed E-state index contributed by atoms with van der Waals surface area (Å²) >= 11 is 0. The minimum absolute atomic E-state index is 0.0219. The molecule has 0 aliphatic carbocycles. The van der Waals surface area contributed by atoms with E-state index in [2.05, 4.69) is 20.8 Å². The van der Waals surface area contributed by atoms with Crippen molar-refractivity contribution in [3.05, 3.63) is 17.8 Å². The molecule has 0 atom stereocenters. The van der Waals surface area contributed by atoms with Crippen molar-refractivity contribution < 1.29 is 9.90 Å². The number of carbonyl (C=O) groups is 1. The summed E-state index contributed by atoms with van der Waals surface area (Å²) < 4.78 is 0. The van der Waals surface area contributed by atoms with Gasteiger partial charge in [0, 0.05) is 7.05 Å². The van der Waals surface area contributed by atoms with Crippen LogP contribution in [0, 0.1) is 0 Å². The summed E-state index contributed by atoms with van der Waals surface area (Å²) in [7, 11) is 1.53. The number of aliphatic hydroxyl groups excluding tert-OH is 1. The zero-order valence-corrected chi connectivity index (χ0v) is 9.61.